The molecular weight excluding hydrogens is 330 g/mol. The van der Waals surface area contributed by atoms with Crippen molar-refractivity contribution in [1.82, 2.24) is 0 Å². The highest BCUT2D eigenvalue weighted by Gasteiger charge is 2.09. The fourth-order valence-corrected chi connectivity index (χ4v) is 2.22. The number of benzene rings is 2. The van der Waals surface area contributed by atoms with Crippen LogP contribution >= 0.6 is 23.2 Å². The van der Waals surface area contributed by atoms with E-state index in [2.05, 4.69) is 10.5 Å². The quantitative estimate of drug-likeness (QED) is 0.483. The third-order valence-corrected chi connectivity index (χ3v) is 3.49. The Morgan fingerprint density at radius 1 is 1.18 bits per heavy atom. The van der Waals surface area contributed by atoms with Gasteiger partial charge in [0.15, 0.2) is 0 Å². The summed E-state index contributed by atoms with van der Waals surface area (Å²) in [5.41, 5.74) is 4.39. The Hall–Kier alpha value is -2.11. The predicted molar refractivity (Wildman–Crippen MR) is 85.7 cm³/mol. The van der Waals surface area contributed by atoms with Crippen molar-refractivity contribution >= 4 is 40.6 Å². The van der Waals surface area contributed by atoms with Crippen LogP contribution in [0.25, 0.3) is 0 Å². The minimum absolute atomic E-state index is 0.0567. The van der Waals surface area contributed by atoms with Crippen LogP contribution in [0.4, 0.5) is 10.1 Å². The number of carbonyl (C=O) groups is 1. The van der Waals surface area contributed by atoms with E-state index in [-0.39, 0.29) is 15.6 Å². The van der Waals surface area contributed by atoms with Crippen LogP contribution in [-0.2, 0) is 0 Å². The highest BCUT2D eigenvalue weighted by atomic mass is 35.5. The average Bonchev–Trinajstić information content (AvgIpc) is 2.49. The number of hydrogen-bond donors (Lipinski definition) is 2. The third-order valence-electron chi connectivity index (χ3n) is 2.88. The topological polar surface area (TPSA) is 61.7 Å². The zero-order valence-electron chi connectivity index (χ0n) is 11.4. The molecule has 2 N–H and O–H groups in total. The zero-order chi connectivity index (χ0) is 16.3. The van der Waals surface area contributed by atoms with Crippen LogP contribution in [0.3, 0.4) is 0 Å². The Balaban J connectivity index is 2.19. The maximum atomic E-state index is 13.5. The summed E-state index contributed by atoms with van der Waals surface area (Å²) in [6.07, 6.45) is 0. The van der Waals surface area contributed by atoms with Crippen LogP contribution in [0.15, 0.2) is 41.5 Å². The highest BCUT2D eigenvalue weighted by Crippen LogP contribution is 2.25. The van der Waals surface area contributed by atoms with Gasteiger partial charge in [-0.3, -0.25) is 5.43 Å². The predicted octanol–water partition coefficient (Wildman–Crippen LogP) is 4.67. The van der Waals surface area contributed by atoms with Crippen molar-refractivity contribution in [3.63, 3.8) is 0 Å². The van der Waals surface area contributed by atoms with E-state index < -0.39 is 11.8 Å². The van der Waals surface area contributed by atoms with Crippen molar-refractivity contribution in [2.75, 3.05) is 5.43 Å². The molecule has 4 nitrogen and oxygen atoms in total. The molecule has 2 aromatic carbocycles. The molecule has 114 valence electrons. The highest BCUT2D eigenvalue weighted by molar-refractivity contribution is 6.37. The van der Waals surface area contributed by atoms with Crippen LogP contribution < -0.4 is 5.43 Å². The number of carboxylic acid groups (broad SMARTS) is 1. The molecule has 0 saturated carbocycles. The van der Waals surface area contributed by atoms with Gasteiger partial charge in [0.25, 0.3) is 0 Å². The summed E-state index contributed by atoms with van der Waals surface area (Å²) in [7, 11) is 0. The van der Waals surface area contributed by atoms with Crippen LogP contribution in [0.1, 0.15) is 22.8 Å². The van der Waals surface area contributed by atoms with Crippen molar-refractivity contribution in [1.29, 1.82) is 0 Å². The van der Waals surface area contributed by atoms with E-state index >= 15 is 0 Å². The molecule has 0 fully saturated rings. The van der Waals surface area contributed by atoms with Gasteiger partial charge in [-0.15, -0.1) is 0 Å². The van der Waals surface area contributed by atoms with Gasteiger partial charge in [0, 0.05) is 5.56 Å². The van der Waals surface area contributed by atoms with E-state index in [0.717, 1.165) is 0 Å². The molecule has 0 aliphatic heterocycles. The van der Waals surface area contributed by atoms with Gasteiger partial charge >= 0.3 is 5.97 Å². The number of hydrazone groups is 1. The molecule has 2 aromatic rings. The van der Waals surface area contributed by atoms with Gasteiger partial charge in [-0.1, -0.05) is 23.2 Å². The van der Waals surface area contributed by atoms with Gasteiger partial charge in [-0.2, -0.15) is 5.10 Å². The minimum atomic E-state index is -1.00. The van der Waals surface area contributed by atoms with E-state index in [1.54, 1.807) is 19.1 Å². The molecule has 2 rings (SSSR count). The van der Waals surface area contributed by atoms with Crippen LogP contribution in [0.2, 0.25) is 10.0 Å². The SMILES string of the molecule is C/C(=N/Nc1ccc(C(=O)O)cc1)c1cc(F)c(Cl)cc1Cl. The van der Waals surface area contributed by atoms with Crippen molar-refractivity contribution in [2.24, 2.45) is 5.10 Å². The molecule has 0 unspecified atom stereocenters. The normalized spacial score (nSPS) is 11.4. The molecule has 0 atom stereocenters. The maximum Gasteiger partial charge on any atom is 0.335 e. The number of anilines is 1. The molecule has 0 saturated heterocycles. The molecule has 22 heavy (non-hydrogen) atoms. The van der Waals surface area contributed by atoms with E-state index in [1.807, 2.05) is 0 Å². The molecule has 0 bridgehead atoms. The van der Waals surface area contributed by atoms with Crippen molar-refractivity contribution in [3.05, 3.63) is 63.4 Å². The minimum Gasteiger partial charge on any atom is -0.478 e. The standard InChI is InChI=1S/C15H11Cl2FN2O2/c1-8(11-6-14(18)13(17)7-12(11)16)19-20-10-4-2-9(3-5-10)15(21)22/h2-7,20H,1H3,(H,21,22)/b19-8-. The Morgan fingerprint density at radius 2 is 1.82 bits per heavy atom. The fraction of sp³-hybridized carbons (Fsp3) is 0.0667. The van der Waals surface area contributed by atoms with E-state index in [0.29, 0.717) is 17.0 Å². The second-order valence-corrected chi connectivity index (χ2v) is 5.25. The first kappa shape index (κ1) is 16.3. The molecule has 0 amide bonds. The van der Waals surface area contributed by atoms with Gasteiger partial charge in [-0.05, 0) is 43.3 Å². The molecule has 0 radical (unpaired) electrons. The zero-order valence-corrected chi connectivity index (χ0v) is 12.9. The molecular formula is C15H11Cl2FN2O2. The Morgan fingerprint density at radius 3 is 2.41 bits per heavy atom. The summed E-state index contributed by atoms with van der Waals surface area (Å²) in [5, 5.41) is 13.1. The molecule has 7 heteroatoms. The summed E-state index contributed by atoms with van der Waals surface area (Å²) in [6, 6.07) is 8.57. The molecule has 0 spiro atoms. The van der Waals surface area contributed by atoms with E-state index in [4.69, 9.17) is 28.3 Å². The number of rotatable bonds is 4. The maximum absolute atomic E-state index is 13.5. The molecule has 0 heterocycles. The smallest absolute Gasteiger partial charge is 0.335 e. The number of aromatic carboxylic acids is 1. The third kappa shape index (κ3) is 3.75. The first-order valence-corrected chi connectivity index (χ1v) is 6.92. The summed E-state index contributed by atoms with van der Waals surface area (Å²) >= 11 is 11.6. The largest absolute Gasteiger partial charge is 0.478 e. The van der Waals surface area contributed by atoms with Gasteiger partial charge in [0.1, 0.15) is 5.82 Å². The van der Waals surface area contributed by atoms with E-state index in [1.165, 1.54) is 24.3 Å². The number of nitrogens with zero attached hydrogens (tertiary/aromatic N) is 1. The lowest BCUT2D eigenvalue weighted by molar-refractivity contribution is 0.0697. The Kier molecular flexibility index (Phi) is 5.00. The summed E-state index contributed by atoms with van der Waals surface area (Å²) < 4.78 is 13.5. The number of halogens is 3. The van der Waals surface area contributed by atoms with Crippen LogP contribution in [0.5, 0.6) is 0 Å². The van der Waals surface area contributed by atoms with E-state index in [9.17, 15) is 9.18 Å². The second-order valence-electron chi connectivity index (χ2n) is 4.44. The van der Waals surface area contributed by atoms with Crippen molar-refractivity contribution < 1.29 is 14.3 Å². The summed E-state index contributed by atoms with van der Waals surface area (Å²) in [6.45, 7) is 1.66. The lowest BCUT2D eigenvalue weighted by atomic mass is 10.1. The van der Waals surface area contributed by atoms with Crippen LogP contribution in [0, 0.1) is 5.82 Å². The fourth-order valence-electron chi connectivity index (χ4n) is 1.70. The summed E-state index contributed by atoms with van der Waals surface area (Å²) in [4.78, 5) is 10.8. The number of hydrogen-bond acceptors (Lipinski definition) is 3. The van der Waals surface area contributed by atoms with Crippen molar-refractivity contribution in [2.45, 2.75) is 6.92 Å². The lowest BCUT2D eigenvalue weighted by Gasteiger charge is -2.07. The van der Waals surface area contributed by atoms with Gasteiger partial charge in [0.2, 0.25) is 0 Å². The lowest BCUT2D eigenvalue weighted by Crippen LogP contribution is -2.02. The molecule has 0 aliphatic rings. The Bertz CT molecular complexity index is 746. The van der Waals surface area contributed by atoms with Gasteiger partial charge < -0.3 is 5.11 Å². The summed E-state index contributed by atoms with van der Waals surface area (Å²) in [5.74, 6) is -1.59. The number of nitrogens with one attached hydrogen (secondary N) is 1. The first-order valence-electron chi connectivity index (χ1n) is 6.17. The Labute approximate surface area is 136 Å². The first-order chi connectivity index (χ1) is 10.4. The number of carboxylic acids is 1. The monoisotopic (exact) mass is 340 g/mol. The van der Waals surface area contributed by atoms with Crippen molar-refractivity contribution in [3.8, 4) is 0 Å². The van der Waals surface area contributed by atoms with Gasteiger partial charge in [0.05, 0.1) is 27.0 Å². The molecule has 0 aromatic heterocycles. The van der Waals surface area contributed by atoms with Crippen LogP contribution in [-0.4, -0.2) is 16.8 Å². The average molecular weight is 341 g/mol. The second kappa shape index (κ2) is 6.77. The molecule has 0 aliphatic carbocycles. The van der Waals surface area contributed by atoms with Gasteiger partial charge in [-0.25, -0.2) is 9.18 Å².